The van der Waals surface area contributed by atoms with Gasteiger partial charge in [0.1, 0.15) is 11.2 Å². The molecule has 0 N–H and O–H groups in total. The van der Waals surface area contributed by atoms with Crippen LogP contribution in [0.4, 0.5) is 17.6 Å². The van der Waals surface area contributed by atoms with Crippen LogP contribution >= 0.6 is 23.2 Å². The average Bonchev–Trinajstić information content (AvgIpc) is 2.22. The summed E-state index contributed by atoms with van der Waals surface area (Å²) in [4.78, 5) is 3.30. The SMILES string of the molecule is Cc1c(C(F)(F)F)nc2c(F)cc(Cl)cc2c1Cl. The van der Waals surface area contributed by atoms with Gasteiger partial charge in [-0.15, -0.1) is 0 Å². The second-order valence-electron chi connectivity index (χ2n) is 3.68. The summed E-state index contributed by atoms with van der Waals surface area (Å²) in [5.41, 5.74) is -1.89. The lowest BCUT2D eigenvalue weighted by Crippen LogP contribution is -2.11. The van der Waals surface area contributed by atoms with Crippen molar-refractivity contribution in [3.05, 3.63) is 39.3 Å². The molecule has 0 amide bonds. The highest BCUT2D eigenvalue weighted by molar-refractivity contribution is 6.37. The van der Waals surface area contributed by atoms with Crippen LogP contribution in [-0.2, 0) is 6.18 Å². The molecule has 0 saturated heterocycles. The molecule has 1 aromatic heterocycles. The number of nitrogens with zero attached hydrogens (tertiary/aromatic N) is 1. The number of aromatic nitrogens is 1. The van der Waals surface area contributed by atoms with E-state index in [0.717, 1.165) is 6.07 Å². The molecule has 1 nitrogen and oxygen atoms in total. The van der Waals surface area contributed by atoms with Crippen LogP contribution < -0.4 is 0 Å². The molecule has 0 aliphatic carbocycles. The largest absolute Gasteiger partial charge is 0.433 e. The van der Waals surface area contributed by atoms with Crippen LogP contribution in [0.25, 0.3) is 10.9 Å². The Labute approximate surface area is 109 Å². The van der Waals surface area contributed by atoms with E-state index in [2.05, 4.69) is 4.98 Å². The van der Waals surface area contributed by atoms with Crippen LogP contribution in [0.5, 0.6) is 0 Å². The Morgan fingerprint density at radius 1 is 1.17 bits per heavy atom. The Morgan fingerprint density at radius 2 is 1.78 bits per heavy atom. The predicted molar refractivity (Wildman–Crippen MR) is 61.5 cm³/mol. The van der Waals surface area contributed by atoms with Gasteiger partial charge >= 0.3 is 6.18 Å². The van der Waals surface area contributed by atoms with Gasteiger partial charge in [0.25, 0.3) is 0 Å². The molecule has 0 aliphatic heterocycles. The predicted octanol–water partition coefficient (Wildman–Crippen LogP) is 5.01. The van der Waals surface area contributed by atoms with Gasteiger partial charge in [0, 0.05) is 10.4 Å². The van der Waals surface area contributed by atoms with Crippen molar-refractivity contribution in [2.45, 2.75) is 13.1 Å². The van der Waals surface area contributed by atoms with Gasteiger partial charge in [-0.2, -0.15) is 13.2 Å². The fourth-order valence-electron chi connectivity index (χ4n) is 1.62. The molecule has 0 fully saturated rings. The molecule has 1 heterocycles. The first kappa shape index (κ1) is 13.4. The number of hydrogen-bond donors (Lipinski definition) is 0. The van der Waals surface area contributed by atoms with Gasteiger partial charge < -0.3 is 0 Å². The van der Waals surface area contributed by atoms with Gasteiger partial charge in [0.15, 0.2) is 5.82 Å². The second kappa shape index (κ2) is 4.24. The maximum Gasteiger partial charge on any atom is 0.433 e. The van der Waals surface area contributed by atoms with Crippen molar-refractivity contribution in [1.29, 1.82) is 0 Å². The zero-order valence-electron chi connectivity index (χ0n) is 8.87. The van der Waals surface area contributed by atoms with Gasteiger partial charge in [0.05, 0.1) is 5.02 Å². The first-order valence-electron chi connectivity index (χ1n) is 4.74. The number of rotatable bonds is 0. The minimum atomic E-state index is -4.69. The molecule has 1 aromatic carbocycles. The zero-order valence-corrected chi connectivity index (χ0v) is 10.4. The fraction of sp³-hybridized carbons (Fsp3) is 0.182. The Morgan fingerprint density at radius 3 is 2.33 bits per heavy atom. The van der Waals surface area contributed by atoms with Crippen molar-refractivity contribution >= 4 is 34.1 Å². The van der Waals surface area contributed by atoms with Gasteiger partial charge in [-0.05, 0) is 24.6 Å². The van der Waals surface area contributed by atoms with Crippen LogP contribution in [0.2, 0.25) is 10.0 Å². The number of fused-ring (bicyclic) bond motifs is 1. The number of benzene rings is 1. The summed E-state index contributed by atoms with van der Waals surface area (Å²) < 4.78 is 51.6. The Bertz CT molecular complexity index is 637. The topological polar surface area (TPSA) is 12.9 Å². The molecule has 0 atom stereocenters. The van der Waals surface area contributed by atoms with Crippen LogP contribution in [0, 0.1) is 12.7 Å². The number of pyridine rings is 1. The summed E-state index contributed by atoms with van der Waals surface area (Å²) >= 11 is 11.4. The summed E-state index contributed by atoms with van der Waals surface area (Å²) in [6, 6.07) is 2.17. The average molecular weight is 298 g/mol. The van der Waals surface area contributed by atoms with E-state index in [1.807, 2.05) is 0 Å². The van der Waals surface area contributed by atoms with Crippen molar-refractivity contribution in [1.82, 2.24) is 4.98 Å². The van der Waals surface area contributed by atoms with E-state index in [9.17, 15) is 17.6 Å². The molecule has 18 heavy (non-hydrogen) atoms. The molecule has 2 aromatic rings. The van der Waals surface area contributed by atoms with E-state index >= 15 is 0 Å². The minimum absolute atomic E-state index is 0.0443. The number of alkyl halides is 3. The molecule has 0 radical (unpaired) electrons. The molecule has 0 spiro atoms. The lowest BCUT2D eigenvalue weighted by atomic mass is 10.1. The lowest BCUT2D eigenvalue weighted by molar-refractivity contribution is -0.141. The van der Waals surface area contributed by atoms with Gasteiger partial charge in [-0.1, -0.05) is 23.2 Å². The lowest BCUT2D eigenvalue weighted by Gasteiger charge is -2.13. The second-order valence-corrected chi connectivity index (χ2v) is 4.50. The molecule has 0 unspecified atom stereocenters. The van der Waals surface area contributed by atoms with Crippen LogP contribution in [0.1, 0.15) is 11.3 Å². The zero-order chi connectivity index (χ0) is 13.7. The summed E-state index contributed by atoms with van der Waals surface area (Å²) in [6.07, 6.45) is -4.69. The smallest absolute Gasteiger partial charge is 0.240 e. The maximum absolute atomic E-state index is 13.6. The highest BCUT2D eigenvalue weighted by Gasteiger charge is 2.36. The summed E-state index contributed by atoms with van der Waals surface area (Å²) in [6.45, 7) is 1.18. The third-order valence-electron chi connectivity index (χ3n) is 2.44. The summed E-state index contributed by atoms with van der Waals surface area (Å²) in [7, 11) is 0. The molecular weight excluding hydrogens is 293 g/mol. The first-order chi connectivity index (χ1) is 8.21. The first-order valence-corrected chi connectivity index (χ1v) is 5.49. The molecule has 0 saturated carbocycles. The Balaban J connectivity index is 2.93. The fourth-order valence-corrected chi connectivity index (χ4v) is 2.06. The van der Waals surface area contributed by atoms with Crippen LogP contribution in [0.3, 0.4) is 0 Å². The van der Waals surface area contributed by atoms with Gasteiger partial charge in [0.2, 0.25) is 0 Å². The van der Waals surface area contributed by atoms with E-state index in [1.54, 1.807) is 0 Å². The van der Waals surface area contributed by atoms with E-state index in [1.165, 1.54) is 13.0 Å². The standard InChI is InChI=1S/C11H5Cl2F4N/c1-4-8(13)6-2-5(12)3-7(14)9(6)18-10(4)11(15,16)17/h2-3H,1H3. The van der Waals surface area contributed by atoms with Gasteiger partial charge in [-0.25, -0.2) is 9.37 Å². The van der Waals surface area contributed by atoms with Crippen molar-refractivity contribution < 1.29 is 17.6 Å². The van der Waals surface area contributed by atoms with Crippen molar-refractivity contribution in [3.63, 3.8) is 0 Å². The summed E-state index contributed by atoms with van der Waals surface area (Å²) in [5.74, 6) is -0.940. The highest BCUT2D eigenvalue weighted by atomic mass is 35.5. The van der Waals surface area contributed by atoms with Crippen molar-refractivity contribution in [2.75, 3.05) is 0 Å². The normalized spacial score (nSPS) is 12.2. The van der Waals surface area contributed by atoms with E-state index in [4.69, 9.17) is 23.2 Å². The Kier molecular flexibility index (Phi) is 3.15. The third-order valence-corrected chi connectivity index (χ3v) is 3.15. The van der Waals surface area contributed by atoms with Crippen molar-refractivity contribution in [3.8, 4) is 0 Å². The highest BCUT2D eigenvalue weighted by Crippen LogP contribution is 2.38. The number of hydrogen-bond acceptors (Lipinski definition) is 1. The molecular formula is C11H5Cl2F4N. The Hall–Kier alpha value is -1.07. The molecule has 0 aliphatic rings. The van der Waals surface area contributed by atoms with Crippen molar-refractivity contribution in [2.24, 2.45) is 0 Å². The van der Waals surface area contributed by atoms with E-state index in [0.29, 0.717) is 0 Å². The van der Waals surface area contributed by atoms with Crippen LogP contribution in [-0.4, -0.2) is 4.98 Å². The molecule has 2 rings (SSSR count). The molecule has 96 valence electrons. The van der Waals surface area contributed by atoms with Gasteiger partial charge in [-0.3, -0.25) is 0 Å². The van der Waals surface area contributed by atoms with E-state index in [-0.39, 0.29) is 21.0 Å². The number of halogens is 6. The van der Waals surface area contributed by atoms with Crippen LogP contribution in [0.15, 0.2) is 12.1 Å². The monoisotopic (exact) mass is 297 g/mol. The summed E-state index contributed by atoms with van der Waals surface area (Å²) in [5, 5.41) is -0.0937. The maximum atomic E-state index is 13.6. The molecule has 0 bridgehead atoms. The van der Waals surface area contributed by atoms with E-state index < -0.39 is 23.2 Å². The minimum Gasteiger partial charge on any atom is -0.240 e. The third kappa shape index (κ3) is 2.12. The quantitative estimate of drug-likeness (QED) is 0.623. The molecule has 7 heteroatoms.